The van der Waals surface area contributed by atoms with Gasteiger partial charge in [-0.15, -0.1) is 11.8 Å². The molecule has 0 atom stereocenters. The first-order chi connectivity index (χ1) is 3.91. The highest BCUT2D eigenvalue weighted by Gasteiger charge is 1.71. The van der Waals surface area contributed by atoms with E-state index < -0.39 is 0 Å². The first-order valence-corrected chi connectivity index (χ1v) is 3.60. The second-order valence-corrected chi connectivity index (χ2v) is 2.37. The van der Waals surface area contributed by atoms with Gasteiger partial charge in [-0.05, 0) is 11.2 Å². The van der Waals surface area contributed by atoms with Gasteiger partial charge in [0.05, 0.1) is 12.5 Å². The second kappa shape index (κ2) is 6.58. The Hall–Kier alpha value is -0.420. The summed E-state index contributed by atoms with van der Waals surface area (Å²) in [6.07, 6.45) is 2.40. The minimum atomic E-state index is 0.535. The molecule has 0 bridgehead atoms. The third kappa shape index (κ3) is 5.58. The Bertz CT molecular complexity index is 102. The Morgan fingerprint density at radius 2 is 2.50 bits per heavy atom. The van der Waals surface area contributed by atoms with E-state index in [0.29, 0.717) is 6.42 Å². The van der Waals surface area contributed by atoms with Gasteiger partial charge in [-0.25, -0.2) is 0 Å². The fourth-order valence-corrected chi connectivity index (χ4v) is 0.690. The molecular weight excluding hydrogens is 118 g/mol. The molecule has 2 heteroatoms. The quantitative estimate of drug-likeness (QED) is 0.580. The Morgan fingerprint density at radius 3 is 3.00 bits per heavy atom. The van der Waals surface area contributed by atoms with Crippen LogP contribution in [-0.4, -0.2) is 5.75 Å². The zero-order valence-corrected chi connectivity index (χ0v) is 5.74. The third-order valence-electron chi connectivity index (χ3n) is 0.568. The maximum atomic E-state index is 8.06. The molecule has 0 aromatic carbocycles. The molecule has 0 aliphatic heterocycles. The molecule has 0 aromatic rings. The topological polar surface area (TPSA) is 23.8 Å². The molecule has 0 unspecified atom stereocenters. The minimum Gasteiger partial charge on any atom is -0.198 e. The lowest BCUT2D eigenvalue weighted by Crippen LogP contribution is -1.58. The summed E-state index contributed by atoms with van der Waals surface area (Å²) < 4.78 is 0. The molecule has 44 valence electrons. The Morgan fingerprint density at radius 1 is 1.75 bits per heavy atom. The summed E-state index contributed by atoms with van der Waals surface area (Å²) in [5.74, 6) is 1.09. The second-order valence-electron chi connectivity index (χ2n) is 1.19. The summed E-state index contributed by atoms with van der Waals surface area (Å²) in [5.41, 5.74) is 0. The number of rotatable bonds is 3. The molecule has 0 saturated heterocycles. The van der Waals surface area contributed by atoms with Crippen molar-refractivity contribution in [3.63, 3.8) is 0 Å². The smallest absolute Gasteiger partial charge is 0.0663 e. The molecule has 0 aromatic heterocycles. The number of nitrogens with zero attached hydrogens (tertiary/aromatic N) is 1. The summed E-state index contributed by atoms with van der Waals surface area (Å²) >= 11 is 1.72. The van der Waals surface area contributed by atoms with Crippen molar-refractivity contribution in [2.45, 2.75) is 13.3 Å². The van der Waals surface area contributed by atoms with Gasteiger partial charge in [0.1, 0.15) is 0 Å². The number of hydrogen-bond donors (Lipinski definition) is 0. The molecule has 0 amide bonds. The van der Waals surface area contributed by atoms with Crippen LogP contribution in [0.5, 0.6) is 0 Å². The fourth-order valence-electron chi connectivity index (χ4n) is 0.265. The highest BCUT2D eigenvalue weighted by Crippen LogP contribution is 1.99. The molecular formula is C6H9NS. The van der Waals surface area contributed by atoms with Crippen molar-refractivity contribution < 1.29 is 0 Å². The van der Waals surface area contributed by atoms with Crippen molar-refractivity contribution in [2.24, 2.45) is 0 Å². The lowest BCUT2D eigenvalue weighted by atomic mass is 10.5. The Labute approximate surface area is 54.4 Å². The Kier molecular flexibility index (Phi) is 6.23. The van der Waals surface area contributed by atoms with Gasteiger partial charge in [0.25, 0.3) is 0 Å². The zero-order chi connectivity index (χ0) is 6.24. The van der Waals surface area contributed by atoms with Crippen molar-refractivity contribution in [1.29, 1.82) is 5.26 Å². The average Bonchev–Trinajstić information content (AvgIpc) is 1.81. The number of allylic oxidation sites excluding steroid dienone is 1. The predicted molar refractivity (Wildman–Crippen MR) is 37.5 cm³/mol. The van der Waals surface area contributed by atoms with Crippen LogP contribution in [0.3, 0.4) is 0 Å². The van der Waals surface area contributed by atoms with E-state index in [1.165, 1.54) is 0 Å². The maximum Gasteiger partial charge on any atom is 0.0663 e. The van der Waals surface area contributed by atoms with E-state index >= 15 is 0 Å². The number of nitriles is 1. The summed E-state index contributed by atoms with van der Waals surface area (Å²) in [5, 5.41) is 10.0. The van der Waals surface area contributed by atoms with Gasteiger partial charge in [-0.2, -0.15) is 5.26 Å². The molecule has 0 aliphatic carbocycles. The van der Waals surface area contributed by atoms with E-state index in [1.807, 2.05) is 17.6 Å². The highest BCUT2D eigenvalue weighted by atomic mass is 32.2. The van der Waals surface area contributed by atoms with E-state index in [1.54, 1.807) is 11.8 Å². The van der Waals surface area contributed by atoms with Crippen LogP contribution in [0.15, 0.2) is 11.5 Å². The van der Waals surface area contributed by atoms with Crippen LogP contribution >= 0.6 is 11.8 Å². The molecule has 0 saturated carbocycles. The zero-order valence-electron chi connectivity index (χ0n) is 4.92. The molecule has 0 radical (unpaired) electrons. The molecule has 0 rings (SSSR count). The fraction of sp³-hybridized carbons (Fsp3) is 0.500. The van der Waals surface area contributed by atoms with E-state index in [4.69, 9.17) is 5.26 Å². The SMILES string of the molecule is CCS/C=C\CC#N. The van der Waals surface area contributed by atoms with Gasteiger partial charge in [0.15, 0.2) is 0 Å². The molecule has 0 aliphatic rings. The Balaban J connectivity index is 2.98. The van der Waals surface area contributed by atoms with Crippen molar-refractivity contribution >= 4 is 11.8 Å². The van der Waals surface area contributed by atoms with E-state index in [-0.39, 0.29) is 0 Å². The third-order valence-corrected chi connectivity index (χ3v) is 1.29. The standard InChI is InChI=1S/C6H9NS/c1-2-8-6-4-3-5-7/h4,6H,2-3H2,1H3/b6-4-. The largest absolute Gasteiger partial charge is 0.198 e. The van der Waals surface area contributed by atoms with Crippen LogP contribution in [0.1, 0.15) is 13.3 Å². The first kappa shape index (κ1) is 7.58. The predicted octanol–water partition coefficient (Wildman–Crippen LogP) is 2.17. The van der Waals surface area contributed by atoms with Gasteiger partial charge < -0.3 is 0 Å². The summed E-state index contributed by atoms with van der Waals surface area (Å²) in [4.78, 5) is 0. The monoisotopic (exact) mass is 127 g/mol. The maximum absolute atomic E-state index is 8.06. The van der Waals surface area contributed by atoms with Crippen molar-refractivity contribution in [3.8, 4) is 6.07 Å². The van der Waals surface area contributed by atoms with Crippen LogP contribution in [-0.2, 0) is 0 Å². The lowest BCUT2D eigenvalue weighted by molar-refractivity contribution is 1.36. The van der Waals surface area contributed by atoms with Crippen LogP contribution in [0.2, 0.25) is 0 Å². The highest BCUT2D eigenvalue weighted by molar-refractivity contribution is 8.02. The number of hydrogen-bond acceptors (Lipinski definition) is 2. The minimum absolute atomic E-state index is 0.535. The van der Waals surface area contributed by atoms with Crippen LogP contribution in [0, 0.1) is 11.3 Å². The number of thioether (sulfide) groups is 1. The van der Waals surface area contributed by atoms with E-state index in [0.717, 1.165) is 5.75 Å². The van der Waals surface area contributed by atoms with Gasteiger partial charge in [0.2, 0.25) is 0 Å². The van der Waals surface area contributed by atoms with Crippen molar-refractivity contribution in [2.75, 3.05) is 5.75 Å². The van der Waals surface area contributed by atoms with E-state index in [2.05, 4.69) is 6.92 Å². The lowest BCUT2D eigenvalue weighted by Gasteiger charge is -1.79. The first-order valence-electron chi connectivity index (χ1n) is 2.55. The van der Waals surface area contributed by atoms with Crippen LogP contribution in [0.4, 0.5) is 0 Å². The van der Waals surface area contributed by atoms with Crippen molar-refractivity contribution in [1.82, 2.24) is 0 Å². The van der Waals surface area contributed by atoms with Gasteiger partial charge in [0, 0.05) is 0 Å². The average molecular weight is 127 g/mol. The van der Waals surface area contributed by atoms with Gasteiger partial charge in [-0.3, -0.25) is 0 Å². The molecule has 0 heterocycles. The molecule has 0 fully saturated rings. The molecule has 0 N–H and O–H groups in total. The summed E-state index contributed by atoms with van der Waals surface area (Å²) in [6, 6.07) is 2.03. The van der Waals surface area contributed by atoms with Gasteiger partial charge in [-0.1, -0.05) is 13.0 Å². The summed E-state index contributed by atoms with van der Waals surface area (Å²) in [7, 11) is 0. The van der Waals surface area contributed by atoms with Gasteiger partial charge >= 0.3 is 0 Å². The summed E-state index contributed by atoms with van der Waals surface area (Å²) in [6.45, 7) is 2.08. The van der Waals surface area contributed by atoms with Crippen molar-refractivity contribution in [3.05, 3.63) is 11.5 Å². The van der Waals surface area contributed by atoms with Crippen LogP contribution in [0.25, 0.3) is 0 Å². The molecule has 1 nitrogen and oxygen atoms in total. The normalized spacial score (nSPS) is 9.50. The van der Waals surface area contributed by atoms with Crippen LogP contribution < -0.4 is 0 Å². The van der Waals surface area contributed by atoms with E-state index in [9.17, 15) is 0 Å². The molecule has 0 spiro atoms. The molecule has 8 heavy (non-hydrogen) atoms.